The zero-order valence-corrected chi connectivity index (χ0v) is 9.18. The molecule has 78 valence electrons. The molecule has 1 rings (SSSR count). The van der Waals surface area contributed by atoms with Gasteiger partial charge < -0.3 is 10.1 Å². The lowest BCUT2D eigenvalue weighted by Crippen LogP contribution is -2.37. The van der Waals surface area contributed by atoms with Gasteiger partial charge in [0.25, 0.3) is 0 Å². The lowest BCUT2D eigenvalue weighted by atomic mass is 10.1. The van der Waals surface area contributed by atoms with Crippen LogP contribution < -0.4 is 5.32 Å². The largest absolute Gasteiger partial charge is 0.383 e. The lowest BCUT2D eigenvalue weighted by Gasteiger charge is -2.18. The minimum atomic E-state index is 0.505. The van der Waals surface area contributed by atoms with Gasteiger partial charge >= 0.3 is 0 Å². The monoisotopic (exact) mass is 185 g/mol. The maximum Gasteiger partial charge on any atom is 0.0613 e. The van der Waals surface area contributed by atoms with E-state index >= 15 is 0 Å². The second kappa shape index (κ2) is 5.61. The van der Waals surface area contributed by atoms with Gasteiger partial charge in [-0.05, 0) is 32.1 Å². The second-order valence-electron chi connectivity index (χ2n) is 4.31. The molecule has 1 saturated carbocycles. The summed E-state index contributed by atoms with van der Waals surface area (Å²) < 4.78 is 5.10. The fourth-order valence-corrected chi connectivity index (χ4v) is 2.30. The first-order chi connectivity index (χ1) is 6.26. The Morgan fingerprint density at radius 1 is 1.46 bits per heavy atom. The first-order valence-electron chi connectivity index (χ1n) is 5.51. The minimum absolute atomic E-state index is 0.505. The van der Waals surface area contributed by atoms with Crippen LogP contribution in [0, 0.1) is 5.92 Å². The summed E-state index contributed by atoms with van der Waals surface area (Å²) in [5, 5.41) is 3.62. The van der Waals surface area contributed by atoms with Crippen LogP contribution in [0.15, 0.2) is 0 Å². The van der Waals surface area contributed by atoms with Crippen LogP contribution in [-0.4, -0.2) is 25.8 Å². The van der Waals surface area contributed by atoms with Crippen molar-refractivity contribution in [3.8, 4) is 0 Å². The van der Waals surface area contributed by atoms with Crippen LogP contribution in [0.4, 0.5) is 0 Å². The molecule has 1 aliphatic rings. The molecule has 0 spiro atoms. The number of hydrogen-bond donors (Lipinski definition) is 1. The number of hydrogen-bond acceptors (Lipinski definition) is 2. The zero-order valence-electron chi connectivity index (χ0n) is 9.18. The zero-order chi connectivity index (χ0) is 9.68. The SMILES string of the molecule is CCC1CCC(NC(C)COC)C1. The smallest absolute Gasteiger partial charge is 0.0613 e. The molecule has 0 heterocycles. The third-order valence-electron chi connectivity index (χ3n) is 3.06. The summed E-state index contributed by atoms with van der Waals surface area (Å²) in [5.74, 6) is 0.965. The van der Waals surface area contributed by atoms with Crippen LogP contribution in [0.5, 0.6) is 0 Å². The van der Waals surface area contributed by atoms with E-state index in [-0.39, 0.29) is 0 Å². The highest BCUT2D eigenvalue weighted by Gasteiger charge is 2.23. The standard InChI is InChI=1S/C11H23NO/c1-4-10-5-6-11(7-10)12-9(2)8-13-3/h9-12H,4-8H2,1-3H3. The minimum Gasteiger partial charge on any atom is -0.383 e. The number of rotatable bonds is 5. The summed E-state index contributed by atoms with van der Waals surface area (Å²) in [6.45, 7) is 5.32. The fraction of sp³-hybridized carbons (Fsp3) is 1.00. The average molecular weight is 185 g/mol. The predicted octanol–water partition coefficient (Wildman–Crippen LogP) is 2.19. The molecule has 0 aliphatic heterocycles. The lowest BCUT2D eigenvalue weighted by molar-refractivity contribution is 0.166. The quantitative estimate of drug-likeness (QED) is 0.709. The fourth-order valence-electron chi connectivity index (χ4n) is 2.30. The van der Waals surface area contributed by atoms with E-state index in [4.69, 9.17) is 4.74 Å². The normalized spacial score (nSPS) is 30.7. The first kappa shape index (κ1) is 11.0. The predicted molar refractivity (Wildman–Crippen MR) is 55.9 cm³/mol. The average Bonchev–Trinajstić information content (AvgIpc) is 2.52. The Morgan fingerprint density at radius 2 is 2.23 bits per heavy atom. The van der Waals surface area contributed by atoms with E-state index in [0.717, 1.165) is 18.6 Å². The third kappa shape index (κ3) is 3.65. The van der Waals surface area contributed by atoms with Crippen LogP contribution in [-0.2, 0) is 4.74 Å². The summed E-state index contributed by atoms with van der Waals surface area (Å²) in [4.78, 5) is 0. The van der Waals surface area contributed by atoms with Gasteiger partial charge in [0.1, 0.15) is 0 Å². The van der Waals surface area contributed by atoms with E-state index in [1.54, 1.807) is 7.11 Å². The summed E-state index contributed by atoms with van der Waals surface area (Å²) in [6, 6.07) is 1.25. The van der Waals surface area contributed by atoms with E-state index < -0.39 is 0 Å². The van der Waals surface area contributed by atoms with Crippen molar-refractivity contribution in [1.29, 1.82) is 0 Å². The van der Waals surface area contributed by atoms with E-state index in [1.165, 1.54) is 25.7 Å². The molecule has 2 heteroatoms. The molecule has 3 atom stereocenters. The molecule has 0 aromatic heterocycles. The van der Waals surface area contributed by atoms with E-state index in [9.17, 15) is 0 Å². The molecule has 0 saturated heterocycles. The Hall–Kier alpha value is -0.0800. The van der Waals surface area contributed by atoms with E-state index in [0.29, 0.717) is 6.04 Å². The summed E-state index contributed by atoms with van der Waals surface area (Å²) in [6.07, 6.45) is 5.47. The molecular weight excluding hydrogens is 162 g/mol. The molecule has 0 radical (unpaired) electrons. The molecule has 13 heavy (non-hydrogen) atoms. The maximum absolute atomic E-state index is 5.10. The van der Waals surface area contributed by atoms with Crippen molar-refractivity contribution in [3.05, 3.63) is 0 Å². The summed E-state index contributed by atoms with van der Waals surface area (Å²) in [5.41, 5.74) is 0. The molecule has 1 aliphatic carbocycles. The van der Waals surface area contributed by atoms with Gasteiger partial charge in [-0.2, -0.15) is 0 Å². The number of ether oxygens (including phenoxy) is 1. The van der Waals surface area contributed by atoms with Crippen molar-refractivity contribution in [2.45, 2.75) is 51.6 Å². The Labute approximate surface area is 82.0 Å². The summed E-state index contributed by atoms with van der Waals surface area (Å²) >= 11 is 0. The van der Waals surface area contributed by atoms with E-state index in [2.05, 4.69) is 19.2 Å². The summed E-state index contributed by atoms with van der Waals surface area (Å²) in [7, 11) is 1.77. The van der Waals surface area contributed by atoms with Crippen molar-refractivity contribution in [1.82, 2.24) is 5.32 Å². The van der Waals surface area contributed by atoms with E-state index in [1.807, 2.05) is 0 Å². The van der Waals surface area contributed by atoms with Crippen molar-refractivity contribution >= 4 is 0 Å². The Bertz CT molecular complexity index is 138. The highest BCUT2D eigenvalue weighted by molar-refractivity contribution is 4.81. The van der Waals surface area contributed by atoms with Crippen LogP contribution in [0.25, 0.3) is 0 Å². The van der Waals surface area contributed by atoms with Crippen LogP contribution in [0.2, 0.25) is 0 Å². The molecular formula is C11H23NO. The van der Waals surface area contributed by atoms with Crippen molar-refractivity contribution in [3.63, 3.8) is 0 Å². The molecule has 1 fully saturated rings. The van der Waals surface area contributed by atoms with Gasteiger partial charge in [-0.15, -0.1) is 0 Å². The van der Waals surface area contributed by atoms with Crippen molar-refractivity contribution < 1.29 is 4.74 Å². The highest BCUT2D eigenvalue weighted by atomic mass is 16.5. The van der Waals surface area contributed by atoms with Gasteiger partial charge in [0, 0.05) is 19.2 Å². The topological polar surface area (TPSA) is 21.3 Å². The highest BCUT2D eigenvalue weighted by Crippen LogP contribution is 2.27. The van der Waals surface area contributed by atoms with Crippen LogP contribution in [0.3, 0.4) is 0 Å². The molecule has 1 N–H and O–H groups in total. The van der Waals surface area contributed by atoms with Gasteiger partial charge in [0.05, 0.1) is 6.61 Å². The second-order valence-corrected chi connectivity index (χ2v) is 4.31. The van der Waals surface area contributed by atoms with Gasteiger partial charge in [-0.3, -0.25) is 0 Å². The maximum atomic E-state index is 5.10. The number of nitrogens with one attached hydrogen (secondary N) is 1. The Kier molecular flexibility index (Phi) is 4.74. The molecule has 0 aromatic carbocycles. The van der Waals surface area contributed by atoms with Gasteiger partial charge in [0.2, 0.25) is 0 Å². The van der Waals surface area contributed by atoms with Crippen molar-refractivity contribution in [2.24, 2.45) is 5.92 Å². The Morgan fingerprint density at radius 3 is 2.77 bits per heavy atom. The molecule has 2 nitrogen and oxygen atoms in total. The first-order valence-corrected chi connectivity index (χ1v) is 5.51. The van der Waals surface area contributed by atoms with Gasteiger partial charge in [-0.25, -0.2) is 0 Å². The van der Waals surface area contributed by atoms with Gasteiger partial charge in [-0.1, -0.05) is 13.3 Å². The van der Waals surface area contributed by atoms with Crippen LogP contribution in [0.1, 0.15) is 39.5 Å². The van der Waals surface area contributed by atoms with Gasteiger partial charge in [0.15, 0.2) is 0 Å². The molecule has 3 unspecified atom stereocenters. The van der Waals surface area contributed by atoms with Crippen LogP contribution >= 0.6 is 0 Å². The molecule has 0 bridgehead atoms. The molecule has 0 amide bonds. The molecule has 0 aromatic rings. The third-order valence-corrected chi connectivity index (χ3v) is 3.06. The van der Waals surface area contributed by atoms with Crippen molar-refractivity contribution in [2.75, 3.05) is 13.7 Å². The number of methoxy groups -OCH3 is 1. The Balaban J connectivity index is 2.16.